The summed E-state index contributed by atoms with van der Waals surface area (Å²) >= 11 is 6.03. The maximum absolute atomic E-state index is 13.2. The standard InChI is InChI=1S/C28H26ClNO4/c1-2-3-7-18-34-23-16-10-20(11-17-23)26(31)24-25(19-8-5-4-6-9-19)30(28(33)27(24)32)22-14-12-21(29)13-15-22/h4-6,8-17,25,31H,2-3,7,18H2,1H3/b26-24+. The van der Waals surface area contributed by atoms with E-state index in [1.165, 1.54) is 4.90 Å². The van der Waals surface area contributed by atoms with Crippen molar-refractivity contribution in [3.05, 3.63) is 101 Å². The molecule has 1 aliphatic heterocycles. The van der Waals surface area contributed by atoms with Crippen molar-refractivity contribution in [3.8, 4) is 5.75 Å². The van der Waals surface area contributed by atoms with Gasteiger partial charge >= 0.3 is 0 Å². The third kappa shape index (κ3) is 4.85. The van der Waals surface area contributed by atoms with Crippen molar-refractivity contribution in [2.24, 2.45) is 0 Å². The minimum absolute atomic E-state index is 0.0442. The highest BCUT2D eigenvalue weighted by Crippen LogP contribution is 2.42. The van der Waals surface area contributed by atoms with E-state index in [0.29, 0.717) is 34.2 Å². The summed E-state index contributed by atoms with van der Waals surface area (Å²) < 4.78 is 5.74. The molecule has 0 spiro atoms. The van der Waals surface area contributed by atoms with Gasteiger partial charge in [-0.25, -0.2) is 0 Å². The van der Waals surface area contributed by atoms with E-state index in [1.54, 1.807) is 48.5 Å². The van der Waals surface area contributed by atoms with Gasteiger partial charge in [0.25, 0.3) is 11.7 Å². The minimum Gasteiger partial charge on any atom is -0.507 e. The normalized spacial score (nSPS) is 17.2. The molecule has 1 N–H and O–H groups in total. The smallest absolute Gasteiger partial charge is 0.300 e. The quantitative estimate of drug-likeness (QED) is 0.174. The van der Waals surface area contributed by atoms with Crippen molar-refractivity contribution in [3.63, 3.8) is 0 Å². The maximum atomic E-state index is 13.2. The van der Waals surface area contributed by atoms with Crippen LogP contribution in [0.3, 0.4) is 0 Å². The molecule has 1 amide bonds. The summed E-state index contributed by atoms with van der Waals surface area (Å²) in [7, 11) is 0. The van der Waals surface area contributed by atoms with E-state index in [1.807, 2.05) is 30.3 Å². The molecule has 1 unspecified atom stereocenters. The zero-order chi connectivity index (χ0) is 24.1. The molecule has 0 bridgehead atoms. The first-order chi connectivity index (χ1) is 16.5. The lowest BCUT2D eigenvalue weighted by molar-refractivity contribution is -0.132. The molecule has 5 nitrogen and oxygen atoms in total. The number of aliphatic hydroxyl groups excluding tert-OH is 1. The predicted molar refractivity (Wildman–Crippen MR) is 134 cm³/mol. The van der Waals surface area contributed by atoms with Crippen molar-refractivity contribution >= 4 is 34.7 Å². The van der Waals surface area contributed by atoms with Gasteiger partial charge < -0.3 is 9.84 Å². The van der Waals surface area contributed by atoms with Crippen LogP contribution < -0.4 is 9.64 Å². The zero-order valence-corrected chi connectivity index (χ0v) is 19.7. The van der Waals surface area contributed by atoms with Crippen LogP contribution in [0.4, 0.5) is 5.69 Å². The Morgan fingerprint density at radius 2 is 1.62 bits per heavy atom. The number of ether oxygens (including phenoxy) is 1. The molecule has 1 fully saturated rings. The highest BCUT2D eigenvalue weighted by Gasteiger charge is 2.46. The molecule has 1 atom stereocenters. The van der Waals surface area contributed by atoms with Crippen LogP contribution in [0.2, 0.25) is 5.02 Å². The third-order valence-electron chi connectivity index (χ3n) is 5.81. The summed E-state index contributed by atoms with van der Waals surface area (Å²) in [4.78, 5) is 27.7. The number of hydrogen-bond donors (Lipinski definition) is 1. The van der Waals surface area contributed by atoms with Crippen LogP contribution in [0.5, 0.6) is 5.75 Å². The number of carbonyl (C=O) groups is 2. The number of Topliss-reactive ketones (excluding diaryl/α,β-unsaturated/α-hetero) is 1. The van der Waals surface area contributed by atoms with Crippen LogP contribution in [0.25, 0.3) is 5.76 Å². The van der Waals surface area contributed by atoms with E-state index in [-0.39, 0.29) is 11.3 Å². The number of rotatable bonds is 8. The molecule has 34 heavy (non-hydrogen) atoms. The SMILES string of the molecule is CCCCCOc1ccc(/C(O)=C2\C(=O)C(=O)N(c3ccc(Cl)cc3)C2c2ccccc2)cc1. The third-order valence-corrected chi connectivity index (χ3v) is 6.06. The van der Waals surface area contributed by atoms with Crippen molar-refractivity contribution in [1.82, 2.24) is 0 Å². The van der Waals surface area contributed by atoms with Gasteiger partial charge in [-0.1, -0.05) is 61.7 Å². The molecule has 0 aliphatic carbocycles. The number of halogens is 1. The van der Waals surface area contributed by atoms with Crippen LogP contribution >= 0.6 is 11.6 Å². The van der Waals surface area contributed by atoms with Gasteiger partial charge in [0.1, 0.15) is 11.5 Å². The molecule has 0 radical (unpaired) electrons. The largest absolute Gasteiger partial charge is 0.507 e. The molecule has 6 heteroatoms. The number of nitrogens with zero attached hydrogens (tertiary/aromatic N) is 1. The fourth-order valence-corrected chi connectivity index (χ4v) is 4.18. The van der Waals surface area contributed by atoms with Crippen LogP contribution in [0, 0.1) is 0 Å². The van der Waals surface area contributed by atoms with E-state index in [0.717, 1.165) is 19.3 Å². The van der Waals surface area contributed by atoms with Crippen LogP contribution in [-0.4, -0.2) is 23.4 Å². The summed E-state index contributed by atoms with van der Waals surface area (Å²) in [6, 6.07) is 22.0. The second-order valence-corrected chi connectivity index (χ2v) is 8.57. The number of anilines is 1. The van der Waals surface area contributed by atoms with E-state index in [9.17, 15) is 14.7 Å². The van der Waals surface area contributed by atoms with Gasteiger partial charge in [0.15, 0.2) is 0 Å². The highest BCUT2D eigenvalue weighted by atomic mass is 35.5. The molecule has 1 saturated heterocycles. The molecule has 4 rings (SSSR count). The lowest BCUT2D eigenvalue weighted by Gasteiger charge is -2.25. The lowest BCUT2D eigenvalue weighted by atomic mass is 9.95. The summed E-state index contributed by atoms with van der Waals surface area (Å²) in [5.74, 6) is -0.968. The van der Waals surface area contributed by atoms with E-state index < -0.39 is 17.7 Å². The number of hydrogen-bond acceptors (Lipinski definition) is 4. The van der Waals surface area contributed by atoms with Gasteiger partial charge in [-0.15, -0.1) is 0 Å². The van der Waals surface area contributed by atoms with Gasteiger partial charge in [0.05, 0.1) is 18.2 Å². The summed E-state index contributed by atoms with van der Waals surface area (Å²) in [5, 5.41) is 11.7. The number of benzene rings is 3. The van der Waals surface area contributed by atoms with E-state index in [2.05, 4.69) is 6.92 Å². The van der Waals surface area contributed by atoms with Gasteiger partial charge in [-0.3, -0.25) is 14.5 Å². The molecular weight excluding hydrogens is 450 g/mol. The Morgan fingerprint density at radius 1 is 0.941 bits per heavy atom. The number of ketones is 1. The molecule has 174 valence electrons. The average molecular weight is 476 g/mol. The Balaban J connectivity index is 1.73. The van der Waals surface area contributed by atoms with Gasteiger partial charge in [0, 0.05) is 16.3 Å². The van der Waals surface area contributed by atoms with Crippen LogP contribution in [0.1, 0.15) is 43.4 Å². The summed E-state index contributed by atoms with van der Waals surface area (Å²) in [6.45, 7) is 2.76. The summed E-state index contributed by atoms with van der Waals surface area (Å²) in [6.07, 6.45) is 3.20. The minimum atomic E-state index is -0.771. The van der Waals surface area contributed by atoms with Gasteiger partial charge in [-0.05, 0) is 60.5 Å². The van der Waals surface area contributed by atoms with Crippen molar-refractivity contribution in [2.45, 2.75) is 32.2 Å². The molecule has 1 heterocycles. The fraction of sp³-hybridized carbons (Fsp3) is 0.214. The van der Waals surface area contributed by atoms with Crippen LogP contribution in [-0.2, 0) is 9.59 Å². The van der Waals surface area contributed by atoms with E-state index >= 15 is 0 Å². The lowest BCUT2D eigenvalue weighted by Crippen LogP contribution is -2.29. The second-order valence-electron chi connectivity index (χ2n) is 8.14. The molecule has 3 aromatic carbocycles. The molecular formula is C28H26ClNO4. The predicted octanol–water partition coefficient (Wildman–Crippen LogP) is 6.54. The Kier molecular flexibility index (Phi) is 7.33. The van der Waals surface area contributed by atoms with Crippen LogP contribution in [0.15, 0.2) is 84.4 Å². The molecule has 3 aromatic rings. The Hall–Kier alpha value is -3.57. The zero-order valence-electron chi connectivity index (χ0n) is 18.9. The monoisotopic (exact) mass is 475 g/mol. The number of unbranched alkanes of at least 4 members (excludes halogenated alkanes) is 2. The maximum Gasteiger partial charge on any atom is 0.300 e. The molecule has 0 aromatic heterocycles. The van der Waals surface area contributed by atoms with Crippen molar-refractivity contribution in [1.29, 1.82) is 0 Å². The Labute approximate surface area is 204 Å². The first-order valence-electron chi connectivity index (χ1n) is 11.4. The first kappa shape index (κ1) is 23.6. The Morgan fingerprint density at radius 3 is 2.26 bits per heavy atom. The van der Waals surface area contributed by atoms with Crippen molar-refractivity contribution in [2.75, 3.05) is 11.5 Å². The number of amides is 1. The molecule has 1 aliphatic rings. The summed E-state index contributed by atoms with van der Waals surface area (Å²) in [5.41, 5.74) is 1.73. The van der Waals surface area contributed by atoms with Gasteiger partial charge in [-0.2, -0.15) is 0 Å². The number of carbonyl (C=O) groups excluding carboxylic acids is 2. The first-order valence-corrected chi connectivity index (χ1v) is 11.7. The number of aliphatic hydroxyl groups is 1. The Bertz CT molecular complexity index is 1190. The van der Waals surface area contributed by atoms with E-state index in [4.69, 9.17) is 16.3 Å². The molecule has 0 saturated carbocycles. The second kappa shape index (κ2) is 10.6. The average Bonchev–Trinajstić information content (AvgIpc) is 3.13. The van der Waals surface area contributed by atoms with Crippen molar-refractivity contribution < 1.29 is 19.4 Å². The van der Waals surface area contributed by atoms with Gasteiger partial charge in [0.2, 0.25) is 0 Å². The highest BCUT2D eigenvalue weighted by molar-refractivity contribution is 6.51. The topological polar surface area (TPSA) is 66.8 Å². The fourth-order valence-electron chi connectivity index (χ4n) is 4.06.